The van der Waals surface area contributed by atoms with Crippen molar-refractivity contribution in [3.63, 3.8) is 0 Å². The molecule has 1 N–H and O–H groups in total. The summed E-state index contributed by atoms with van der Waals surface area (Å²) < 4.78 is 112. The molecule has 38 heavy (non-hydrogen) atoms. The molecule has 1 aliphatic heterocycles. The van der Waals surface area contributed by atoms with Crippen LogP contribution in [0.15, 0.2) is 49.1 Å². The van der Waals surface area contributed by atoms with Gasteiger partial charge in [-0.1, -0.05) is 19.6 Å². The number of hydrogen-bond acceptors (Lipinski definition) is 2. The van der Waals surface area contributed by atoms with Gasteiger partial charge in [-0.2, -0.15) is 26.3 Å². The summed E-state index contributed by atoms with van der Waals surface area (Å²) >= 11 is 0. The molecule has 2 aromatic carbocycles. The highest BCUT2D eigenvalue weighted by Crippen LogP contribution is 2.51. The number of amides is 1. The van der Waals surface area contributed by atoms with E-state index in [0.29, 0.717) is 37.1 Å². The van der Waals surface area contributed by atoms with Gasteiger partial charge in [0.25, 0.3) is 5.92 Å². The number of hydrogen-bond donors (Lipinski definition) is 1. The van der Waals surface area contributed by atoms with E-state index < -0.39 is 53.3 Å². The van der Waals surface area contributed by atoms with Gasteiger partial charge in [-0.05, 0) is 72.4 Å². The molecule has 11 heteroatoms. The summed E-state index contributed by atoms with van der Waals surface area (Å²) in [6.45, 7) is 4.32. The highest BCUT2D eigenvalue weighted by molar-refractivity contribution is 5.76. The zero-order valence-electron chi connectivity index (χ0n) is 20.4. The fourth-order valence-electron chi connectivity index (χ4n) is 5.40. The van der Waals surface area contributed by atoms with E-state index in [1.165, 1.54) is 0 Å². The second kappa shape index (κ2) is 9.57. The Bertz CT molecular complexity index is 1200. The predicted octanol–water partition coefficient (Wildman–Crippen LogP) is 7.21. The molecular weight excluding hydrogens is 520 g/mol. The lowest BCUT2D eigenvalue weighted by atomic mass is 9.73. The molecule has 1 heterocycles. The Morgan fingerprint density at radius 2 is 1.68 bits per heavy atom. The van der Waals surface area contributed by atoms with Crippen LogP contribution < -0.4 is 10.2 Å². The minimum atomic E-state index is -5.16. The van der Waals surface area contributed by atoms with E-state index in [1.807, 2.05) is 0 Å². The Balaban J connectivity index is 1.74. The summed E-state index contributed by atoms with van der Waals surface area (Å²) in [6.07, 6.45) is -8.82. The molecule has 0 spiro atoms. The van der Waals surface area contributed by atoms with Crippen LogP contribution in [0.2, 0.25) is 0 Å². The fraction of sp³-hybridized carbons (Fsp3) is 0.444. The van der Waals surface area contributed by atoms with Crippen LogP contribution in [0.5, 0.6) is 0 Å². The average molecular weight is 547 g/mol. The molecule has 2 aliphatic rings. The Hall–Kier alpha value is -3.11. The molecule has 2 atom stereocenters. The van der Waals surface area contributed by atoms with Gasteiger partial charge in [-0.25, -0.2) is 8.78 Å². The molecule has 2 unspecified atom stereocenters. The molecule has 0 aromatic heterocycles. The van der Waals surface area contributed by atoms with Crippen LogP contribution in [-0.2, 0) is 29.0 Å². The van der Waals surface area contributed by atoms with Gasteiger partial charge in [-0.3, -0.25) is 4.79 Å². The number of aryl methyl sites for hydroxylation is 1. The van der Waals surface area contributed by atoms with E-state index >= 15 is 8.78 Å². The zero-order chi connectivity index (χ0) is 28.1. The van der Waals surface area contributed by atoms with Gasteiger partial charge in [0, 0.05) is 25.2 Å². The first-order valence-corrected chi connectivity index (χ1v) is 12.1. The van der Waals surface area contributed by atoms with E-state index in [-0.39, 0.29) is 30.6 Å². The first-order chi connectivity index (χ1) is 17.6. The van der Waals surface area contributed by atoms with Crippen molar-refractivity contribution in [1.82, 2.24) is 5.32 Å². The van der Waals surface area contributed by atoms with Crippen LogP contribution in [-0.4, -0.2) is 24.9 Å². The fourth-order valence-corrected chi connectivity index (χ4v) is 5.40. The predicted molar refractivity (Wildman–Crippen MR) is 126 cm³/mol. The third-order valence-electron chi connectivity index (χ3n) is 7.53. The summed E-state index contributed by atoms with van der Waals surface area (Å²) in [7, 11) is 0. The van der Waals surface area contributed by atoms with Crippen molar-refractivity contribution >= 4 is 11.6 Å². The monoisotopic (exact) mass is 546 g/mol. The largest absolute Gasteiger partial charge is 0.416 e. The molecule has 0 bridgehead atoms. The standard InChI is InChI=1S/C27H26F8N2O/c1-3-23(38)36-22-8-5-16-11-20(6-7-21(16)22)37-10-9-24(15-37,25(28,29)4-2)17-12-18(26(30,31)32)14-19(13-17)27(33,34)35/h4,6-7,11-14,22H,2-3,5,8-10,15H2,1H3,(H,36,38). The molecule has 2 aromatic rings. The van der Waals surface area contributed by atoms with Crippen LogP contribution in [0.4, 0.5) is 40.8 Å². The number of allylic oxidation sites excluding steroid dienone is 1. The molecule has 4 rings (SSSR count). The number of anilines is 1. The summed E-state index contributed by atoms with van der Waals surface area (Å²) in [5.74, 6) is -3.91. The maximum absolute atomic E-state index is 15.4. The van der Waals surface area contributed by atoms with Crippen LogP contribution in [0, 0.1) is 0 Å². The highest BCUT2D eigenvalue weighted by Gasteiger charge is 2.57. The molecule has 1 saturated heterocycles. The molecule has 1 aliphatic carbocycles. The smallest absolute Gasteiger partial charge is 0.370 e. The van der Waals surface area contributed by atoms with Crippen LogP contribution in [0.1, 0.15) is 60.0 Å². The first kappa shape index (κ1) is 27.9. The lowest BCUT2D eigenvalue weighted by Crippen LogP contribution is -2.46. The SMILES string of the molecule is C=CC(F)(F)C1(c2cc(C(F)(F)F)cc(C(F)(F)F)c2)CCN(c2ccc3c(c2)CCC3NC(=O)CC)C1. The highest BCUT2D eigenvalue weighted by atomic mass is 19.4. The van der Waals surface area contributed by atoms with Crippen LogP contribution in [0.3, 0.4) is 0 Å². The van der Waals surface area contributed by atoms with Gasteiger partial charge in [0.2, 0.25) is 5.91 Å². The first-order valence-electron chi connectivity index (χ1n) is 12.1. The molecule has 0 saturated carbocycles. The maximum Gasteiger partial charge on any atom is 0.416 e. The number of nitrogens with zero attached hydrogens (tertiary/aromatic N) is 1. The zero-order valence-corrected chi connectivity index (χ0v) is 20.4. The van der Waals surface area contributed by atoms with Crippen LogP contribution >= 0.6 is 0 Å². The minimum Gasteiger partial charge on any atom is -0.370 e. The molecule has 3 nitrogen and oxygen atoms in total. The third kappa shape index (κ3) is 4.99. The second-order valence-corrected chi connectivity index (χ2v) is 9.77. The number of benzene rings is 2. The molecule has 206 valence electrons. The molecular formula is C27H26F8N2O. The molecule has 1 fully saturated rings. The number of carbonyl (C=O) groups excluding carboxylic acids is 1. The summed E-state index contributed by atoms with van der Waals surface area (Å²) in [5, 5.41) is 2.92. The Labute approximate surface area is 214 Å². The van der Waals surface area contributed by atoms with E-state index in [0.717, 1.165) is 11.1 Å². The summed E-state index contributed by atoms with van der Waals surface area (Å²) in [4.78, 5) is 13.4. The Morgan fingerprint density at radius 3 is 2.24 bits per heavy atom. The Kier molecular flexibility index (Phi) is 7.03. The minimum absolute atomic E-state index is 0.0180. The van der Waals surface area contributed by atoms with Gasteiger partial charge < -0.3 is 10.2 Å². The number of rotatable bonds is 6. The van der Waals surface area contributed by atoms with Crippen molar-refractivity contribution in [3.8, 4) is 0 Å². The molecule has 0 radical (unpaired) electrons. The number of fused-ring (bicyclic) bond motifs is 1. The average Bonchev–Trinajstić information content (AvgIpc) is 3.48. The lowest BCUT2D eigenvalue weighted by molar-refractivity contribution is -0.143. The summed E-state index contributed by atoms with van der Waals surface area (Å²) in [5.41, 5.74) is -4.07. The normalized spacial score (nSPS) is 21.9. The maximum atomic E-state index is 15.4. The molecule has 1 amide bonds. The Morgan fingerprint density at radius 1 is 1.05 bits per heavy atom. The van der Waals surface area contributed by atoms with Crippen molar-refractivity contribution in [3.05, 3.63) is 76.9 Å². The third-order valence-corrected chi connectivity index (χ3v) is 7.53. The number of carbonyl (C=O) groups is 1. The van der Waals surface area contributed by atoms with Crippen molar-refractivity contribution in [2.75, 3.05) is 18.0 Å². The van der Waals surface area contributed by atoms with E-state index in [2.05, 4.69) is 11.9 Å². The summed E-state index contributed by atoms with van der Waals surface area (Å²) in [6, 6.07) is 5.76. The quantitative estimate of drug-likeness (QED) is 0.307. The lowest BCUT2D eigenvalue weighted by Gasteiger charge is -2.37. The van der Waals surface area contributed by atoms with Crippen LogP contribution in [0.25, 0.3) is 0 Å². The second-order valence-electron chi connectivity index (χ2n) is 9.77. The van der Waals surface area contributed by atoms with Gasteiger partial charge in [0.15, 0.2) is 0 Å². The number of nitrogens with one attached hydrogen (secondary N) is 1. The number of alkyl halides is 8. The topological polar surface area (TPSA) is 32.3 Å². The van der Waals surface area contributed by atoms with Crippen molar-refractivity contribution in [2.45, 2.75) is 62.3 Å². The van der Waals surface area contributed by atoms with Gasteiger partial charge in [0.05, 0.1) is 22.6 Å². The van der Waals surface area contributed by atoms with Gasteiger partial charge in [-0.15, -0.1) is 0 Å². The van der Waals surface area contributed by atoms with E-state index in [1.54, 1.807) is 30.0 Å². The van der Waals surface area contributed by atoms with Gasteiger partial charge >= 0.3 is 12.4 Å². The van der Waals surface area contributed by atoms with Crippen molar-refractivity contribution in [1.29, 1.82) is 0 Å². The van der Waals surface area contributed by atoms with E-state index in [4.69, 9.17) is 0 Å². The van der Waals surface area contributed by atoms with E-state index in [9.17, 15) is 31.1 Å². The van der Waals surface area contributed by atoms with Crippen molar-refractivity contribution in [2.24, 2.45) is 0 Å². The number of halogens is 8. The van der Waals surface area contributed by atoms with Gasteiger partial charge in [0.1, 0.15) is 0 Å². The van der Waals surface area contributed by atoms with Crippen molar-refractivity contribution < 1.29 is 39.9 Å².